The molecule has 0 fully saturated rings. The Balaban J connectivity index is 2.10. The van der Waals surface area contributed by atoms with Gasteiger partial charge in [0.2, 0.25) is 0 Å². The first kappa shape index (κ1) is 15.6. The zero-order valence-electron chi connectivity index (χ0n) is 12.1. The van der Waals surface area contributed by atoms with Crippen molar-refractivity contribution in [1.82, 2.24) is 9.78 Å². The summed E-state index contributed by atoms with van der Waals surface area (Å²) in [6, 6.07) is 6.82. The smallest absolute Gasteiger partial charge is 0.124 e. The van der Waals surface area contributed by atoms with Crippen molar-refractivity contribution in [3.05, 3.63) is 46.9 Å². The van der Waals surface area contributed by atoms with E-state index in [1.807, 2.05) is 30.8 Å². The van der Waals surface area contributed by atoms with Gasteiger partial charge < -0.3 is 5.11 Å². The summed E-state index contributed by atoms with van der Waals surface area (Å²) in [5.41, 5.74) is 2.49. The molecule has 0 saturated heterocycles. The van der Waals surface area contributed by atoms with Crippen LogP contribution in [0.25, 0.3) is 0 Å². The monoisotopic (exact) mass is 304 g/mol. The maximum atomic E-state index is 13.6. The Kier molecular flexibility index (Phi) is 5.43. The van der Waals surface area contributed by atoms with Gasteiger partial charge in [0, 0.05) is 24.8 Å². The summed E-state index contributed by atoms with van der Waals surface area (Å²) >= 11 is 1.61. The van der Waals surface area contributed by atoms with Gasteiger partial charge in [-0.3, -0.25) is 4.68 Å². The standard InChI is InChI=1S/C16H17FN2OS/c1-12-7-16(19(2)18-12)21-11-14-8-13(5-3-4-6-20)9-15(17)10-14/h7-10,20H,4,6,11H2,1-2H3. The molecule has 0 bridgehead atoms. The van der Waals surface area contributed by atoms with Gasteiger partial charge in [-0.1, -0.05) is 11.8 Å². The first-order chi connectivity index (χ1) is 10.1. The van der Waals surface area contributed by atoms with Crippen LogP contribution in [0.15, 0.2) is 29.3 Å². The van der Waals surface area contributed by atoms with Crippen molar-refractivity contribution >= 4 is 11.8 Å². The SMILES string of the molecule is Cc1cc(SCc2cc(F)cc(C#CCCO)c2)n(C)n1. The van der Waals surface area contributed by atoms with Crippen molar-refractivity contribution in [2.75, 3.05) is 6.61 Å². The number of benzene rings is 1. The molecule has 0 radical (unpaired) electrons. The van der Waals surface area contributed by atoms with E-state index < -0.39 is 0 Å². The van der Waals surface area contributed by atoms with E-state index in [0.717, 1.165) is 16.3 Å². The fourth-order valence-electron chi connectivity index (χ4n) is 1.91. The molecule has 0 amide bonds. The van der Waals surface area contributed by atoms with Crippen molar-refractivity contribution in [2.45, 2.75) is 24.1 Å². The summed E-state index contributed by atoms with van der Waals surface area (Å²) in [4.78, 5) is 0. The highest BCUT2D eigenvalue weighted by atomic mass is 32.2. The maximum Gasteiger partial charge on any atom is 0.124 e. The lowest BCUT2D eigenvalue weighted by molar-refractivity contribution is 0.305. The largest absolute Gasteiger partial charge is 0.395 e. The van der Waals surface area contributed by atoms with Gasteiger partial charge in [0.15, 0.2) is 0 Å². The molecular formula is C16H17FN2OS. The van der Waals surface area contributed by atoms with Crippen LogP contribution in [-0.4, -0.2) is 21.5 Å². The van der Waals surface area contributed by atoms with Crippen LogP contribution in [0.5, 0.6) is 0 Å². The minimum atomic E-state index is -0.289. The molecule has 0 aliphatic heterocycles. The lowest BCUT2D eigenvalue weighted by atomic mass is 10.1. The molecule has 5 heteroatoms. The van der Waals surface area contributed by atoms with Gasteiger partial charge in [-0.05, 0) is 36.8 Å². The topological polar surface area (TPSA) is 38.0 Å². The Morgan fingerprint density at radius 1 is 1.33 bits per heavy atom. The van der Waals surface area contributed by atoms with E-state index >= 15 is 0 Å². The minimum Gasteiger partial charge on any atom is -0.395 e. The second-order valence-corrected chi connectivity index (χ2v) is 5.66. The Hall–Kier alpha value is -1.77. The number of aromatic nitrogens is 2. The number of rotatable bonds is 4. The van der Waals surface area contributed by atoms with Crippen LogP contribution < -0.4 is 0 Å². The molecule has 2 aromatic rings. The highest BCUT2D eigenvalue weighted by Gasteiger charge is 2.05. The van der Waals surface area contributed by atoms with E-state index in [-0.39, 0.29) is 12.4 Å². The molecule has 1 aromatic heterocycles. The summed E-state index contributed by atoms with van der Waals surface area (Å²) in [6.07, 6.45) is 0.398. The molecule has 1 N–H and O–H groups in total. The number of halogens is 1. The van der Waals surface area contributed by atoms with Crippen LogP contribution in [-0.2, 0) is 12.8 Å². The van der Waals surface area contributed by atoms with Crippen molar-refractivity contribution < 1.29 is 9.50 Å². The zero-order chi connectivity index (χ0) is 15.2. The van der Waals surface area contributed by atoms with E-state index in [1.165, 1.54) is 12.1 Å². The highest BCUT2D eigenvalue weighted by Crippen LogP contribution is 2.24. The molecule has 1 heterocycles. The highest BCUT2D eigenvalue weighted by molar-refractivity contribution is 7.98. The number of thioether (sulfide) groups is 1. The van der Waals surface area contributed by atoms with Crippen LogP contribution >= 0.6 is 11.8 Å². The maximum absolute atomic E-state index is 13.6. The second-order valence-electron chi connectivity index (χ2n) is 4.66. The Bertz CT molecular complexity index is 685. The molecule has 0 spiro atoms. The van der Waals surface area contributed by atoms with Gasteiger partial charge in [-0.25, -0.2) is 4.39 Å². The summed E-state index contributed by atoms with van der Waals surface area (Å²) < 4.78 is 15.4. The first-order valence-electron chi connectivity index (χ1n) is 6.61. The number of hydrogen-bond acceptors (Lipinski definition) is 3. The van der Waals surface area contributed by atoms with Gasteiger partial charge in [-0.2, -0.15) is 5.10 Å². The van der Waals surface area contributed by atoms with E-state index in [0.29, 0.717) is 17.7 Å². The minimum absolute atomic E-state index is 0.0187. The first-order valence-corrected chi connectivity index (χ1v) is 7.59. The number of hydrogen-bond donors (Lipinski definition) is 1. The van der Waals surface area contributed by atoms with Gasteiger partial charge in [0.1, 0.15) is 5.82 Å². The molecular weight excluding hydrogens is 287 g/mol. The third kappa shape index (κ3) is 4.62. The number of aliphatic hydroxyl groups excluding tert-OH is 1. The van der Waals surface area contributed by atoms with Crippen LogP contribution in [0.4, 0.5) is 4.39 Å². The molecule has 3 nitrogen and oxygen atoms in total. The average molecular weight is 304 g/mol. The molecule has 0 aliphatic rings. The lowest BCUT2D eigenvalue weighted by Crippen LogP contribution is -1.93. The predicted octanol–water partition coefficient (Wildman–Crippen LogP) is 2.89. The van der Waals surface area contributed by atoms with E-state index in [4.69, 9.17) is 5.11 Å². The average Bonchev–Trinajstić information content (AvgIpc) is 2.74. The molecule has 110 valence electrons. The fourth-order valence-corrected chi connectivity index (χ4v) is 2.87. The zero-order valence-corrected chi connectivity index (χ0v) is 12.9. The third-order valence-electron chi connectivity index (χ3n) is 2.77. The van der Waals surface area contributed by atoms with Gasteiger partial charge in [0.25, 0.3) is 0 Å². The summed E-state index contributed by atoms with van der Waals surface area (Å²) in [5, 5.41) is 14.0. The normalized spacial score (nSPS) is 10.3. The summed E-state index contributed by atoms with van der Waals surface area (Å²) in [5.74, 6) is 6.04. The van der Waals surface area contributed by atoms with Crippen molar-refractivity contribution in [2.24, 2.45) is 7.05 Å². The molecule has 1 aromatic carbocycles. The second kappa shape index (κ2) is 7.30. The van der Waals surface area contributed by atoms with Crippen LogP contribution in [0.2, 0.25) is 0 Å². The molecule has 21 heavy (non-hydrogen) atoms. The van der Waals surface area contributed by atoms with Crippen LogP contribution in [0, 0.1) is 24.6 Å². The molecule has 2 rings (SSSR count). The van der Waals surface area contributed by atoms with E-state index in [2.05, 4.69) is 16.9 Å². The van der Waals surface area contributed by atoms with Crippen molar-refractivity contribution in [3.63, 3.8) is 0 Å². The van der Waals surface area contributed by atoms with Gasteiger partial charge >= 0.3 is 0 Å². The quantitative estimate of drug-likeness (QED) is 0.697. The third-order valence-corrected chi connectivity index (χ3v) is 3.93. The van der Waals surface area contributed by atoms with Crippen LogP contribution in [0.3, 0.4) is 0 Å². The van der Waals surface area contributed by atoms with Gasteiger partial charge in [-0.15, -0.1) is 11.8 Å². The number of nitrogens with zero attached hydrogens (tertiary/aromatic N) is 2. The molecule has 0 unspecified atom stereocenters. The predicted molar refractivity (Wildman–Crippen MR) is 82.5 cm³/mol. The molecule has 0 saturated carbocycles. The van der Waals surface area contributed by atoms with Crippen molar-refractivity contribution in [3.8, 4) is 11.8 Å². The Morgan fingerprint density at radius 2 is 2.14 bits per heavy atom. The summed E-state index contributed by atoms with van der Waals surface area (Å²) in [7, 11) is 1.90. The Labute approximate surface area is 128 Å². The summed E-state index contributed by atoms with van der Waals surface area (Å²) in [6.45, 7) is 1.96. The number of aryl methyl sites for hydroxylation is 2. The van der Waals surface area contributed by atoms with E-state index in [1.54, 1.807) is 11.8 Å². The van der Waals surface area contributed by atoms with E-state index in [9.17, 15) is 4.39 Å². The fraction of sp³-hybridized carbons (Fsp3) is 0.312. The molecule has 0 aliphatic carbocycles. The Morgan fingerprint density at radius 3 is 2.81 bits per heavy atom. The van der Waals surface area contributed by atoms with Crippen LogP contribution in [0.1, 0.15) is 23.2 Å². The van der Waals surface area contributed by atoms with Gasteiger partial charge in [0.05, 0.1) is 17.3 Å². The van der Waals surface area contributed by atoms with Crippen molar-refractivity contribution in [1.29, 1.82) is 0 Å². The number of aliphatic hydroxyl groups is 1. The molecule has 0 atom stereocenters. The lowest BCUT2D eigenvalue weighted by Gasteiger charge is -2.03.